The van der Waals surface area contributed by atoms with E-state index in [1.165, 1.54) is 0 Å². The molecule has 0 bridgehead atoms. The van der Waals surface area contributed by atoms with Gasteiger partial charge in [0, 0.05) is 30.9 Å². The molecule has 2 rings (SSSR count). The van der Waals surface area contributed by atoms with Gasteiger partial charge in [-0.25, -0.2) is 0 Å². The Morgan fingerprint density at radius 2 is 2.19 bits per heavy atom. The van der Waals surface area contributed by atoms with Crippen molar-refractivity contribution in [3.8, 4) is 0 Å². The molecule has 1 atom stereocenters. The van der Waals surface area contributed by atoms with Gasteiger partial charge >= 0.3 is 0 Å². The largest absolute Gasteiger partial charge is 0.389 e. The van der Waals surface area contributed by atoms with E-state index in [9.17, 15) is 4.79 Å². The molecule has 1 amide bonds. The molecule has 1 heterocycles. The molecule has 3 N–H and O–H groups in total. The van der Waals surface area contributed by atoms with Crippen LogP contribution in [0, 0.1) is 0 Å². The summed E-state index contributed by atoms with van der Waals surface area (Å²) < 4.78 is 10.8. The van der Waals surface area contributed by atoms with Crippen molar-refractivity contribution < 1.29 is 14.3 Å². The van der Waals surface area contributed by atoms with Gasteiger partial charge in [-0.05, 0) is 37.1 Å². The highest BCUT2D eigenvalue weighted by atomic mass is 32.1. The molecular weight excluding hydrogens is 288 g/mol. The molecule has 5 nitrogen and oxygen atoms in total. The van der Waals surface area contributed by atoms with Crippen LogP contribution in [0.2, 0.25) is 0 Å². The van der Waals surface area contributed by atoms with E-state index in [4.69, 9.17) is 27.4 Å². The summed E-state index contributed by atoms with van der Waals surface area (Å²) in [5.74, 6) is -0.0238. The van der Waals surface area contributed by atoms with Gasteiger partial charge in [0.15, 0.2) is 0 Å². The maximum Gasteiger partial charge on any atom is 0.224 e. The van der Waals surface area contributed by atoms with Gasteiger partial charge in [-0.1, -0.05) is 12.2 Å². The summed E-state index contributed by atoms with van der Waals surface area (Å²) >= 11 is 4.88. The molecule has 0 aromatic heterocycles. The number of benzene rings is 1. The molecule has 21 heavy (non-hydrogen) atoms. The van der Waals surface area contributed by atoms with E-state index < -0.39 is 0 Å². The summed E-state index contributed by atoms with van der Waals surface area (Å²) in [7, 11) is 0. The zero-order valence-corrected chi connectivity index (χ0v) is 12.7. The fourth-order valence-corrected chi connectivity index (χ4v) is 2.20. The average Bonchev–Trinajstić information content (AvgIpc) is 2.97. The summed E-state index contributed by atoms with van der Waals surface area (Å²) in [6.07, 6.45) is 2.28. The normalized spacial score (nSPS) is 17.6. The number of amides is 1. The topological polar surface area (TPSA) is 73.6 Å². The van der Waals surface area contributed by atoms with Crippen molar-refractivity contribution >= 4 is 28.8 Å². The highest BCUT2D eigenvalue weighted by Crippen LogP contribution is 2.11. The van der Waals surface area contributed by atoms with Gasteiger partial charge < -0.3 is 20.5 Å². The van der Waals surface area contributed by atoms with Crippen LogP contribution in [-0.2, 0) is 14.3 Å². The van der Waals surface area contributed by atoms with Gasteiger partial charge in [0.1, 0.15) is 4.99 Å². The molecule has 1 fully saturated rings. The Morgan fingerprint density at radius 1 is 1.43 bits per heavy atom. The molecular formula is C15H20N2O3S. The van der Waals surface area contributed by atoms with Gasteiger partial charge in [0.05, 0.1) is 12.7 Å². The van der Waals surface area contributed by atoms with Crippen LogP contribution in [-0.4, -0.2) is 36.8 Å². The van der Waals surface area contributed by atoms with Crippen molar-refractivity contribution in [2.24, 2.45) is 5.73 Å². The summed E-state index contributed by atoms with van der Waals surface area (Å²) in [6, 6.07) is 7.17. The molecule has 0 spiro atoms. The average molecular weight is 308 g/mol. The Morgan fingerprint density at radius 3 is 2.81 bits per heavy atom. The third kappa shape index (κ3) is 5.41. The second kappa shape index (κ2) is 8.07. The second-order valence-corrected chi connectivity index (χ2v) is 5.39. The Hall–Kier alpha value is -1.50. The Bertz CT molecular complexity index is 484. The summed E-state index contributed by atoms with van der Waals surface area (Å²) in [6.45, 7) is 2.02. The first-order chi connectivity index (χ1) is 10.1. The zero-order valence-electron chi connectivity index (χ0n) is 11.8. The third-order valence-electron chi connectivity index (χ3n) is 3.24. The van der Waals surface area contributed by atoms with Crippen molar-refractivity contribution in [2.45, 2.75) is 25.4 Å². The smallest absolute Gasteiger partial charge is 0.224 e. The number of anilines is 1. The van der Waals surface area contributed by atoms with E-state index >= 15 is 0 Å². The summed E-state index contributed by atoms with van der Waals surface area (Å²) in [4.78, 5) is 12.1. The lowest BCUT2D eigenvalue weighted by atomic mass is 10.2. The van der Waals surface area contributed by atoms with E-state index in [1.807, 2.05) is 0 Å². The summed E-state index contributed by atoms with van der Waals surface area (Å²) in [5, 5.41) is 2.83. The number of nitrogens with one attached hydrogen (secondary N) is 1. The first-order valence-corrected chi connectivity index (χ1v) is 7.45. The molecule has 0 radical (unpaired) electrons. The van der Waals surface area contributed by atoms with E-state index in [2.05, 4.69) is 5.32 Å². The number of thiocarbonyl (C=S) groups is 1. The molecule has 1 aromatic carbocycles. The lowest BCUT2D eigenvalue weighted by Gasteiger charge is -2.09. The van der Waals surface area contributed by atoms with Crippen molar-refractivity contribution in [3.05, 3.63) is 29.8 Å². The fraction of sp³-hybridized carbons (Fsp3) is 0.467. The van der Waals surface area contributed by atoms with Crippen LogP contribution in [0.5, 0.6) is 0 Å². The van der Waals surface area contributed by atoms with Crippen molar-refractivity contribution in [2.75, 3.05) is 25.1 Å². The van der Waals surface area contributed by atoms with Crippen molar-refractivity contribution in [3.63, 3.8) is 0 Å². The zero-order chi connectivity index (χ0) is 15.1. The van der Waals surface area contributed by atoms with Crippen LogP contribution in [0.25, 0.3) is 0 Å². The molecule has 1 aromatic rings. The predicted octanol–water partition coefficient (Wildman–Crippen LogP) is 1.85. The molecule has 0 saturated carbocycles. The van der Waals surface area contributed by atoms with Crippen LogP contribution in [0.3, 0.4) is 0 Å². The van der Waals surface area contributed by atoms with Gasteiger partial charge in [0.2, 0.25) is 5.91 Å². The van der Waals surface area contributed by atoms with E-state index in [0.29, 0.717) is 31.0 Å². The molecule has 114 valence electrons. The maximum atomic E-state index is 11.8. The van der Waals surface area contributed by atoms with Crippen LogP contribution < -0.4 is 11.1 Å². The fourth-order valence-electron chi connectivity index (χ4n) is 2.07. The van der Waals surface area contributed by atoms with Gasteiger partial charge in [0.25, 0.3) is 0 Å². The number of rotatable bonds is 7. The maximum absolute atomic E-state index is 11.8. The summed E-state index contributed by atoms with van der Waals surface area (Å²) in [5.41, 5.74) is 7.05. The van der Waals surface area contributed by atoms with Crippen molar-refractivity contribution in [1.82, 2.24) is 0 Å². The monoisotopic (exact) mass is 308 g/mol. The Labute approximate surface area is 129 Å². The molecule has 0 aliphatic carbocycles. The van der Waals surface area contributed by atoms with Gasteiger partial charge in [-0.2, -0.15) is 0 Å². The molecule has 1 unspecified atom stereocenters. The first-order valence-electron chi connectivity index (χ1n) is 7.04. The second-order valence-electron chi connectivity index (χ2n) is 4.95. The number of hydrogen-bond donors (Lipinski definition) is 2. The standard InChI is InChI=1S/C15H20N2O3S/c16-15(21)11-3-5-12(6-4-11)17-14(18)2-1-8-20-13-7-9-19-10-13/h3-6,13H,1-2,7-10H2,(H2,16,21)(H,17,18). The minimum absolute atomic E-state index is 0.0238. The van der Waals surface area contributed by atoms with Crippen LogP contribution >= 0.6 is 12.2 Å². The van der Waals surface area contributed by atoms with E-state index in [0.717, 1.165) is 24.3 Å². The quantitative estimate of drug-likeness (QED) is 0.594. The Balaban J connectivity index is 1.65. The number of hydrogen-bond acceptors (Lipinski definition) is 4. The number of nitrogens with two attached hydrogens (primary N) is 1. The molecule has 1 aliphatic heterocycles. The van der Waals surface area contributed by atoms with Crippen LogP contribution in [0.15, 0.2) is 24.3 Å². The minimum atomic E-state index is -0.0238. The number of carbonyl (C=O) groups excluding carboxylic acids is 1. The SMILES string of the molecule is NC(=S)c1ccc(NC(=O)CCCOC2CCOC2)cc1. The lowest BCUT2D eigenvalue weighted by Crippen LogP contribution is -2.16. The highest BCUT2D eigenvalue weighted by molar-refractivity contribution is 7.80. The van der Waals surface area contributed by atoms with Gasteiger partial charge in [-0.15, -0.1) is 0 Å². The lowest BCUT2D eigenvalue weighted by molar-refractivity contribution is -0.116. The molecule has 1 aliphatic rings. The minimum Gasteiger partial charge on any atom is -0.389 e. The molecule has 1 saturated heterocycles. The highest BCUT2D eigenvalue weighted by Gasteiger charge is 2.15. The van der Waals surface area contributed by atoms with E-state index in [-0.39, 0.29) is 12.0 Å². The number of ether oxygens (including phenoxy) is 2. The van der Waals surface area contributed by atoms with Crippen LogP contribution in [0.1, 0.15) is 24.8 Å². The van der Waals surface area contributed by atoms with Crippen molar-refractivity contribution in [1.29, 1.82) is 0 Å². The van der Waals surface area contributed by atoms with Gasteiger partial charge in [-0.3, -0.25) is 4.79 Å². The first kappa shape index (κ1) is 15.9. The number of carbonyl (C=O) groups is 1. The third-order valence-corrected chi connectivity index (χ3v) is 3.48. The van der Waals surface area contributed by atoms with Crippen LogP contribution in [0.4, 0.5) is 5.69 Å². The Kier molecular flexibility index (Phi) is 6.10. The predicted molar refractivity (Wildman–Crippen MR) is 85.4 cm³/mol. The molecule has 6 heteroatoms. The van der Waals surface area contributed by atoms with E-state index in [1.54, 1.807) is 24.3 Å².